The van der Waals surface area contributed by atoms with Crippen molar-refractivity contribution in [3.8, 4) is 0 Å². The summed E-state index contributed by atoms with van der Waals surface area (Å²) in [5.74, 6) is -0.624. The molecular formula is C13H16ClFN2O. The van der Waals surface area contributed by atoms with E-state index in [0.29, 0.717) is 5.56 Å². The molecular weight excluding hydrogens is 255 g/mol. The molecule has 1 aromatic carbocycles. The van der Waals surface area contributed by atoms with Gasteiger partial charge in [-0.05, 0) is 37.6 Å². The van der Waals surface area contributed by atoms with E-state index < -0.39 is 5.82 Å². The highest BCUT2D eigenvalue weighted by Gasteiger charge is 2.23. The van der Waals surface area contributed by atoms with Gasteiger partial charge < -0.3 is 10.2 Å². The third-order valence-electron chi connectivity index (χ3n) is 3.31. The summed E-state index contributed by atoms with van der Waals surface area (Å²) in [6.07, 6.45) is 2.05. The average Bonchev–Trinajstić information content (AvgIpc) is 2.41. The molecule has 0 unspecified atom stereocenters. The summed E-state index contributed by atoms with van der Waals surface area (Å²) in [6, 6.07) is 4.26. The Morgan fingerprint density at radius 1 is 1.56 bits per heavy atom. The molecule has 98 valence electrons. The third-order valence-corrected chi connectivity index (χ3v) is 3.60. The fraction of sp³-hybridized carbons (Fsp3) is 0.462. The van der Waals surface area contributed by atoms with Crippen molar-refractivity contribution < 1.29 is 9.18 Å². The van der Waals surface area contributed by atoms with E-state index in [1.54, 1.807) is 11.9 Å². The molecule has 1 fully saturated rings. The van der Waals surface area contributed by atoms with Crippen LogP contribution in [0, 0.1) is 5.82 Å². The molecule has 18 heavy (non-hydrogen) atoms. The molecule has 1 N–H and O–H groups in total. The van der Waals surface area contributed by atoms with E-state index in [4.69, 9.17) is 11.6 Å². The molecule has 1 aliphatic heterocycles. The van der Waals surface area contributed by atoms with Gasteiger partial charge in [-0.2, -0.15) is 0 Å². The van der Waals surface area contributed by atoms with Crippen molar-refractivity contribution in [2.45, 2.75) is 18.9 Å². The van der Waals surface area contributed by atoms with Crippen molar-refractivity contribution in [3.05, 3.63) is 34.6 Å². The van der Waals surface area contributed by atoms with E-state index in [-0.39, 0.29) is 17.0 Å². The molecule has 0 spiro atoms. The number of rotatable bonds is 2. The fourth-order valence-electron chi connectivity index (χ4n) is 2.16. The molecule has 2 rings (SSSR count). The lowest BCUT2D eigenvalue weighted by atomic mass is 10.1. The van der Waals surface area contributed by atoms with Crippen LogP contribution >= 0.6 is 11.6 Å². The van der Waals surface area contributed by atoms with Crippen molar-refractivity contribution >= 4 is 17.5 Å². The highest BCUT2D eigenvalue weighted by atomic mass is 35.5. The summed E-state index contributed by atoms with van der Waals surface area (Å²) in [5.41, 5.74) is 0.425. The SMILES string of the molecule is CN(C(=O)c1ccc(F)c(Cl)c1)[C@H]1CCCNC1. The van der Waals surface area contributed by atoms with Crippen LogP contribution < -0.4 is 5.32 Å². The molecule has 0 aromatic heterocycles. The molecule has 0 radical (unpaired) electrons. The molecule has 0 aliphatic carbocycles. The van der Waals surface area contributed by atoms with E-state index >= 15 is 0 Å². The Morgan fingerprint density at radius 3 is 2.94 bits per heavy atom. The first-order chi connectivity index (χ1) is 8.59. The number of piperidine rings is 1. The number of likely N-dealkylation sites (N-methyl/N-ethyl adjacent to an activating group) is 1. The van der Waals surface area contributed by atoms with Crippen molar-refractivity contribution in [1.29, 1.82) is 0 Å². The molecule has 0 bridgehead atoms. The molecule has 1 amide bonds. The number of nitrogens with zero attached hydrogens (tertiary/aromatic N) is 1. The molecule has 1 atom stereocenters. The maximum Gasteiger partial charge on any atom is 0.253 e. The lowest BCUT2D eigenvalue weighted by molar-refractivity contribution is 0.0708. The number of nitrogens with one attached hydrogen (secondary N) is 1. The topological polar surface area (TPSA) is 32.3 Å². The number of amides is 1. The maximum atomic E-state index is 13.1. The standard InChI is InChI=1S/C13H16ClFN2O/c1-17(10-3-2-6-16-8-10)13(18)9-4-5-12(15)11(14)7-9/h4-5,7,10,16H,2-3,6,8H2,1H3/t10-/m0/s1. The Balaban J connectivity index is 2.11. The zero-order valence-electron chi connectivity index (χ0n) is 10.2. The van der Waals surface area contributed by atoms with Crippen LogP contribution in [-0.4, -0.2) is 37.0 Å². The number of hydrogen-bond acceptors (Lipinski definition) is 2. The average molecular weight is 271 g/mol. The Kier molecular flexibility index (Phi) is 4.19. The molecule has 5 heteroatoms. The first-order valence-electron chi connectivity index (χ1n) is 6.02. The molecule has 1 aromatic rings. The summed E-state index contributed by atoms with van der Waals surface area (Å²) in [4.78, 5) is 13.9. The molecule has 1 aliphatic rings. The summed E-state index contributed by atoms with van der Waals surface area (Å²) >= 11 is 5.69. The Morgan fingerprint density at radius 2 is 2.33 bits per heavy atom. The third kappa shape index (κ3) is 2.82. The minimum absolute atomic E-state index is 0.0176. The van der Waals surface area contributed by atoms with Crippen LogP contribution in [0.1, 0.15) is 23.2 Å². The predicted molar refractivity (Wildman–Crippen MR) is 69.4 cm³/mol. The lowest BCUT2D eigenvalue weighted by Gasteiger charge is -2.31. The van der Waals surface area contributed by atoms with Gasteiger partial charge in [0.25, 0.3) is 5.91 Å². The molecule has 1 saturated heterocycles. The second-order valence-corrected chi connectivity index (χ2v) is 4.95. The van der Waals surface area contributed by atoms with Crippen LogP contribution in [0.5, 0.6) is 0 Å². The second kappa shape index (κ2) is 5.67. The van der Waals surface area contributed by atoms with Crippen LogP contribution in [0.15, 0.2) is 18.2 Å². The van der Waals surface area contributed by atoms with Gasteiger partial charge in [0.15, 0.2) is 0 Å². The van der Waals surface area contributed by atoms with E-state index in [1.807, 2.05) is 0 Å². The summed E-state index contributed by atoms with van der Waals surface area (Å²) in [6.45, 7) is 1.80. The van der Waals surface area contributed by atoms with Crippen LogP contribution in [0.3, 0.4) is 0 Å². The number of carbonyl (C=O) groups excluding carboxylic acids is 1. The Hall–Kier alpha value is -1.13. The Labute approximate surface area is 111 Å². The van der Waals surface area contributed by atoms with Crippen LogP contribution in [0.25, 0.3) is 0 Å². The first kappa shape index (κ1) is 13.3. The lowest BCUT2D eigenvalue weighted by Crippen LogP contribution is -2.46. The van der Waals surface area contributed by atoms with E-state index in [2.05, 4.69) is 5.32 Å². The first-order valence-corrected chi connectivity index (χ1v) is 6.40. The quantitative estimate of drug-likeness (QED) is 0.894. The van der Waals surface area contributed by atoms with Crippen LogP contribution in [0.2, 0.25) is 5.02 Å². The van der Waals surface area contributed by atoms with Gasteiger partial charge in [-0.3, -0.25) is 4.79 Å². The predicted octanol–water partition coefficient (Wildman–Crippen LogP) is 2.30. The fourth-order valence-corrected chi connectivity index (χ4v) is 2.34. The van der Waals surface area contributed by atoms with Gasteiger partial charge in [-0.15, -0.1) is 0 Å². The highest BCUT2D eigenvalue weighted by molar-refractivity contribution is 6.31. The Bertz CT molecular complexity index is 447. The normalized spacial score (nSPS) is 19.6. The molecule has 3 nitrogen and oxygen atoms in total. The van der Waals surface area contributed by atoms with Gasteiger partial charge in [-0.25, -0.2) is 4.39 Å². The smallest absolute Gasteiger partial charge is 0.253 e. The van der Waals surface area contributed by atoms with Crippen LogP contribution in [0.4, 0.5) is 4.39 Å². The van der Waals surface area contributed by atoms with Gasteiger partial charge in [0.2, 0.25) is 0 Å². The van der Waals surface area contributed by atoms with Crippen molar-refractivity contribution in [2.75, 3.05) is 20.1 Å². The van der Waals surface area contributed by atoms with Crippen molar-refractivity contribution in [1.82, 2.24) is 10.2 Å². The van der Waals surface area contributed by atoms with E-state index in [1.165, 1.54) is 18.2 Å². The zero-order chi connectivity index (χ0) is 13.1. The van der Waals surface area contributed by atoms with Gasteiger partial charge >= 0.3 is 0 Å². The van der Waals surface area contributed by atoms with E-state index in [0.717, 1.165) is 25.9 Å². The minimum atomic E-state index is -0.504. The molecule has 0 saturated carbocycles. The maximum absolute atomic E-state index is 13.1. The van der Waals surface area contributed by atoms with Crippen molar-refractivity contribution in [2.24, 2.45) is 0 Å². The van der Waals surface area contributed by atoms with Gasteiger partial charge in [0, 0.05) is 25.2 Å². The monoisotopic (exact) mass is 270 g/mol. The summed E-state index contributed by atoms with van der Waals surface area (Å²) in [5, 5.41) is 3.25. The van der Waals surface area contributed by atoms with Gasteiger partial charge in [0.05, 0.1) is 5.02 Å². The summed E-state index contributed by atoms with van der Waals surface area (Å²) < 4.78 is 13.1. The summed E-state index contributed by atoms with van der Waals surface area (Å²) in [7, 11) is 1.78. The van der Waals surface area contributed by atoms with Gasteiger partial charge in [0.1, 0.15) is 5.82 Å². The largest absolute Gasteiger partial charge is 0.337 e. The number of carbonyl (C=O) groups is 1. The number of benzene rings is 1. The molecule has 1 heterocycles. The van der Waals surface area contributed by atoms with Gasteiger partial charge in [-0.1, -0.05) is 11.6 Å². The van der Waals surface area contributed by atoms with Crippen molar-refractivity contribution in [3.63, 3.8) is 0 Å². The highest BCUT2D eigenvalue weighted by Crippen LogP contribution is 2.18. The zero-order valence-corrected chi connectivity index (χ0v) is 11.0. The van der Waals surface area contributed by atoms with Crippen LogP contribution in [-0.2, 0) is 0 Å². The number of hydrogen-bond donors (Lipinski definition) is 1. The van der Waals surface area contributed by atoms with E-state index in [9.17, 15) is 9.18 Å². The second-order valence-electron chi connectivity index (χ2n) is 4.55. The number of halogens is 2. The minimum Gasteiger partial charge on any atom is -0.337 e.